The Hall–Kier alpha value is -1.82. The van der Waals surface area contributed by atoms with Gasteiger partial charge in [-0.1, -0.05) is 30.3 Å². The van der Waals surface area contributed by atoms with Gasteiger partial charge in [0.1, 0.15) is 11.2 Å². The molecule has 1 heterocycles. The number of carbonyl (C=O) groups excluding carboxylic acids is 1. The number of ether oxygens (including phenoxy) is 1. The highest BCUT2D eigenvalue weighted by atomic mass is 127. The summed E-state index contributed by atoms with van der Waals surface area (Å²) in [4.78, 5) is 11.4. The zero-order valence-corrected chi connectivity index (χ0v) is 13.6. The van der Waals surface area contributed by atoms with Crippen molar-refractivity contribution in [3.05, 3.63) is 51.6 Å². The molecule has 0 atom stereocenters. The lowest BCUT2D eigenvalue weighted by molar-refractivity contribution is -0.137. The van der Waals surface area contributed by atoms with E-state index in [4.69, 9.17) is 9.15 Å². The summed E-state index contributed by atoms with van der Waals surface area (Å²) >= 11 is 2.26. The molecular weight excluding hydrogens is 379 g/mol. The number of carbonyl (C=O) groups is 1. The maximum atomic E-state index is 11.4. The van der Waals surface area contributed by atoms with Crippen LogP contribution in [-0.4, -0.2) is 12.6 Å². The molecule has 0 amide bonds. The molecule has 3 aromatic rings. The molecule has 0 aliphatic heterocycles. The van der Waals surface area contributed by atoms with Gasteiger partial charge in [-0.3, -0.25) is 0 Å². The molecule has 21 heavy (non-hydrogen) atoms. The zero-order chi connectivity index (χ0) is 14.8. The van der Waals surface area contributed by atoms with Gasteiger partial charge in [0.2, 0.25) is 0 Å². The molecule has 106 valence electrons. The minimum absolute atomic E-state index is 0.347. The zero-order valence-electron chi connectivity index (χ0n) is 11.4. The second-order valence-corrected chi connectivity index (χ2v) is 5.69. The van der Waals surface area contributed by atoms with Gasteiger partial charge in [-0.05, 0) is 41.7 Å². The number of furan rings is 1. The summed E-state index contributed by atoms with van der Waals surface area (Å²) in [6, 6.07) is 12.0. The Kier molecular flexibility index (Phi) is 3.96. The Bertz CT molecular complexity index is 846. The molecule has 0 bridgehead atoms. The van der Waals surface area contributed by atoms with Crippen molar-refractivity contribution < 1.29 is 13.9 Å². The Morgan fingerprint density at radius 1 is 1.19 bits per heavy atom. The molecule has 3 nitrogen and oxygen atoms in total. The minimum Gasteiger partial charge on any atom is -0.463 e. The average Bonchev–Trinajstić information content (AvgIpc) is 2.86. The van der Waals surface area contributed by atoms with Crippen molar-refractivity contribution in [2.24, 2.45) is 0 Å². The lowest BCUT2D eigenvalue weighted by Crippen LogP contribution is -1.98. The number of halogens is 1. The largest absolute Gasteiger partial charge is 0.463 e. The van der Waals surface area contributed by atoms with E-state index in [1.165, 1.54) is 6.08 Å². The summed E-state index contributed by atoms with van der Waals surface area (Å²) in [6.07, 6.45) is 3.16. The Labute approximate surface area is 135 Å². The van der Waals surface area contributed by atoms with E-state index in [0.717, 1.165) is 31.1 Å². The van der Waals surface area contributed by atoms with Crippen molar-refractivity contribution in [3.8, 4) is 0 Å². The molecule has 0 fully saturated rings. The van der Waals surface area contributed by atoms with Crippen LogP contribution < -0.4 is 0 Å². The van der Waals surface area contributed by atoms with Crippen LogP contribution in [0.3, 0.4) is 0 Å². The van der Waals surface area contributed by atoms with Crippen LogP contribution in [0.1, 0.15) is 12.5 Å². The summed E-state index contributed by atoms with van der Waals surface area (Å²) in [5, 5.41) is 2.14. The van der Waals surface area contributed by atoms with E-state index in [2.05, 4.69) is 22.6 Å². The van der Waals surface area contributed by atoms with Crippen molar-refractivity contribution in [2.75, 3.05) is 6.61 Å². The molecule has 0 aliphatic rings. The molecule has 2 aromatic carbocycles. The summed E-state index contributed by atoms with van der Waals surface area (Å²) in [5.41, 5.74) is 2.54. The fourth-order valence-electron chi connectivity index (χ4n) is 2.29. The van der Waals surface area contributed by atoms with Crippen molar-refractivity contribution in [1.29, 1.82) is 0 Å². The molecule has 0 spiro atoms. The van der Waals surface area contributed by atoms with E-state index >= 15 is 0 Å². The molecule has 0 radical (unpaired) electrons. The summed E-state index contributed by atoms with van der Waals surface area (Å²) in [6.45, 7) is 2.16. The SMILES string of the molecule is CCOC(=O)C=Cc1cccc2c1oc1c(I)cccc12. The molecular formula is C17H13IO3. The van der Waals surface area contributed by atoms with Crippen molar-refractivity contribution in [2.45, 2.75) is 6.92 Å². The summed E-state index contributed by atoms with van der Waals surface area (Å²) in [5.74, 6) is -0.347. The molecule has 0 saturated carbocycles. The first-order valence-corrected chi connectivity index (χ1v) is 7.73. The molecule has 4 heteroatoms. The van der Waals surface area contributed by atoms with E-state index in [1.54, 1.807) is 13.0 Å². The lowest BCUT2D eigenvalue weighted by atomic mass is 10.1. The van der Waals surface area contributed by atoms with Crippen molar-refractivity contribution in [3.63, 3.8) is 0 Å². The van der Waals surface area contributed by atoms with Crippen LogP contribution in [0, 0.1) is 3.57 Å². The van der Waals surface area contributed by atoms with Gasteiger partial charge in [0.15, 0.2) is 0 Å². The third-order valence-corrected chi connectivity index (χ3v) is 4.04. The number of hydrogen-bond donors (Lipinski definition) is 0. The normalized spacial score (nSPS) is 11.5. The number of rotatable bonds is 3. The van der Waals surface area contributed by atoms with Gasteiger partial charge < -0.3 is 9.15 Å². The van der Waals surface area contributed by atoms with Crippen LogP contribution in [0.2, 0.25) is 0 Å². The van der Waals surface area contributed by atoms with E-state index < -0.39 is 0 Å². The van der Waals surface area contributed by atoms with Crippen LogP contribution in [0.5, 0.6) is 0 Å². The maximum absolute atomic E-state index is 11.4. The Morgan fingerprint density at radius 2 is 1.90 bits per heavy atom. The van der Waals surface area contributed by atoms with Crippen molar-refractivity contribution in [1.82, 2.24) is 0 Å². The fraction of sp³-hybridized carbons (Fsp3) is 0.118. The smallest absolute Gasteiger partial charge is 0.330 e. The van der Waals surface area contributed by atoms with Gasteiger partial charge in [-0.2, -0.15) is 0 Å². The highest BCUT2D eigenvalue weighted by Gasteiger charge is 2.11. The standard InChI is InChI=1S/C17H13IO3/c1-2-20-15(19)10-9-11-5-3-6-12-13-7-4-8-14(18)17(13)21-16(11)12/h3-10H,2H2,1H3. The van der Waals surface area contributed by atoms with E-state index in [9.17, 15) is 4.79 Å². The van der Waals surface area contributed by atoms with Crippen LogP contribution in [0.15, 0.2) is 46.9 Å². The maximum Gasteiger partial charge on any atom is 0.330 e. The Balaban J connectivity index is 2.14. The predicted molar refractivity (Wildman–Crippen MR) is 92.1 cm³/mol. The highest BCUT2D eigenvalue weighted by Crippen LogP contribution is 2.33. The number of fused-ring (bicyclic) bond motifs is 3. The first-order valence-electron chi connectivity index (χ1n) is 6.65. The lowest BCUT2D eigenvalue weighted by Gasteiger charge is -1.96. The monoisotopic (exact) mass is 392 g/mol. The molecule has 1 aromatic heterocycles. The van der Waals surface area contributed by atoms with Crippen LogP contribution >= 0.6 is 22.6 Å². The number of para-hydroxylation sites is 2. The number of hydrogen-bond acceptors (Lipinski definition) is 3. The van der Waals surface area contributed by atoms with Gasteiger partial charge in [0, 0.05) is 22.4 Å². The first kappa shape index (κ1) is 14.1. The summed E-state index contributed by atoms with van der Waals surface area (Å²) < 4.78 is 12.0. The highest BCUT2D eigenvalue weighted by molar-refractivity contribution is 14.1. The average molecular weight is 392 g/mol. The second kappa shape index (κ2) is 5.89. The quantitative estimate of drug-likeness (QED) is 0.366. The van der Waals surface area contributed by atoms with E-state index in [1.807, 2.05) is 36.4 Å². The third-order valence-electron chi connectivity index (χ3n) is 3.19. The van der Waals surface area contributed by atoms with Gasteiger partial charge >= 0.3 is 5.97 Å². The van der Waals surface area contributed by atoms with Gasteiger partial charge in [-0.25, -0.2) is 4.79 Å². The minimum atomic E-state index is -0.347. The molecule has 0 unspecified atom stereocenters. The Morgan fingerprint density at radius 3 is 2.67 bits per heavy atom. The van der Waals surface area contributed by atoms with Gasteiger partial charge in [0.25, 0.3) is 0 Å². The molecule has 0 aliphatic carbocycles. The van der Waals surface area contributed by atoms with Gasteiger partial charge in [0.05, 0.1) is 10.2 Å². The molecule has 3 rings (SSSR count). The van der Waals surface area contributed by atoms with E-state index in [-0.39, 0.29) is 5.97 Å². The predicted octanol–water partition coefficient (Wildman–Crippen LogP) is 4.77. The molecule has 0 N–H and O–H groups in total. The summed E-state index contributed by atoms with van der Waals surface area (Å²) in [7, 11) is 0. The first-order chi connectivity index (χ1) is 10.2. The van der Waals surface area contributed by atoms with Crippen molar-refractivity contribution >= 4 is 56.6 Å². The second-order valence-electron chi connectivity index (χ2n) is 4.53. The molecule has 0 saturated heterocycles. The topological polar surface area (TPSA) is 39.4 Å². The third kappa shape index (κ3) is 2.68. The van der Waals surface area contributed by atoms with E-state index in [0.29, 0.717) is 6.61 Å². The van der Waals surface area contributed by atoms with Crippen LogP contribution in [0.25, 0.3) is 28.0 Å². The fourth-order valence-corrected chi connectivity index (χ4v) is 2.90. The van der Waals surface area contributed by atoms with Crippen LogP contribution in [0.4, 0.5) is 0 Å². The number of esters is 1. The number of benzene rings is 2. The van der Waals surface area contributed by atoms with Crippen LogP contribution in [-0.2, 0) is 9.53 Å². The van der Waals surface area contributed by atoms with Gasteiger partial charge in [-0.15, -0.1) is 0 Å².